The summed E-state index contributed by atoms with van der Waals surface area (Å²) in [5.74, 6) is 0.658. The summed E-state index contributed by atoms with van der Waals surface area (Å²) >= 11 is 0. The Morgan fingerprint density at radius 3 is 2.44 bits per heavy atom. The number of carbonyl (C=O) groups is 1. The van der Waals surface area contributed by atoms with Crippen molar-refractivity contribution in [1.82, 2.24) is 5.32 Å². The van der Waals surface area contributed by atoms with E-state index in [-0.39, 0.29) is 12.1 Å². The van der Waals surface area contributed by atoms with Gasteiger partial charge in [0, 0.05) is 31.4 Å². The van der Waals surface area contributed by atoms with E-state index in [0.717, 1.165) is 6.07 Å². The first-order valence-corrected chi connectivity index (χ1v) is 11.2. The lowest BCUT2D eigenvalue weighted by Crippen LogP contribution is -2.36. The topological polar surface area (TPSA) is 60.0 Å². The summed E-state index contributed by atoms with van der Waals surface area (Å²) in [5.41, 5.74) is 0.443. The molecule has 34 heavy (non-hydrogen) atoms. The SMILES string of the molecule is CCOc1ccc(/C=C/C(=O)NCc2ccc(N3CCOCC3)cc2C(F)(F)F)cc1OCC. The molecule has 0 radical (unpaired) electrons. The van der Waals surface area contributed by atoms with Crippen LogP contribution in [-0.4, -0.2) is 45.4 Å². The first-order chi connectivity index (χ1) is 16.3. The highest BCUT2D eigenvalue weighted by molar-refractivity contribution is 5.91. The molecule has 0 unspecified atom stereocenters. The molecule has 0 aliphatic carbocycles. The van der Waals surface area contributed by atoms with Crippen LogP contribution in [0.15, 0.2) is 42.5 Å². The lowest BCUT2D eigenvalue weighted by atomic mass is 10.0. The van der Waals surface area contributed by atoms with Crippen LogP contribution in [0.5, 0.6) is 11.5 Å². The Morgan fingerprint density at radius 1 is 1.06 bits per heavy atom. The van der Waals surface area contributed by atoms with Crippen molar-refractivity contribution < 1.29 is 32.2 Å². The monoisotopic (exact) mass is 478 g/mol. The maximum Gasteiger partial charge on any atom is 0.416 e. The van der Waals surface area contributed by atoms with Crippen molar-refractivity contribution in [2.24, 2.45) is 0 Å². The van der Waals surface area contributed by atoms with Gasteiger partial charge in [-0.15, -0.1) is 0 Å². The number of anilines is 1. The number of amides is 1. The minimum atomic E-state index is -4.53. The number of hydrogen-bond acceptors (Lipinski definition) is 5. The summed E-state index contributed by atoms with van der Waals surface area (Å²) in [5, 5.41) is 2.54. The largest absolute Gasteiger partial charge is 0.490 e. The average molecular weight is 479 g/mol. The summed E-state index contributed by atoms with van der Waals surface area (Å²) in [6.45, 7) is 6.46. The van der Waals surface area contributed by atoms with Crippen LogP contribution in [0.3, 0.4) is 0 Å². The van der Waals surface area contributed by atoms with Crippen molar-refractivity contribution in [3.63, 3.8) is 0 Å². The first kappa shape index (κ1) is 25.4. The van der Waals surface area contributed by atoms with Gasteiger partial charge < -0.3 is 24.4 Å². The van der Waals surface area contributed by atoms with E-state index in [1.807, 2.05) is 18.7 Å². The molecule has 1 saturated heterocycles. The number of halogens is 3. The zero-order chi connectivity index (χ0) is 24.6. The van der Waals surface area contributed by atoms with Gasteiger partial charge in [0.2, 0.25) is 5.91 Å². The molecular weight excluding hydrogens is 449 g/mol. The van der Waals surface area contributed by atoms with Gasteiger partial charge in [-0.25, -0.2) is 0 Å². The predicted molar refractivity (Wildman–Crippen MR) is 124 cm³/mol. The number of benzene rings is 2. The molecule has 184 valence electrons. The standard InChI is InChI=1S/C25H29F3N2O4/c1-3-33-22-9-5-18(15-23(22)34-4-2)6-10-24(31)29-17-19-7-8-20(16-21(19)25(26,27)28)30-11-13-32-14-12-30/h5-10,15-16H,3-4,11-14,17H2,1-2H3,(H,29,31)/b10-6+. The number of morpholine rings is 1. The van der Waals surface area contributed by atoms with Crippen molar-refractivity contribution in [2.45, 2.75) is 26.6 Å². The highest BCUT2D eigenvalue weighted by Gasteiger charge is 2.34. The Kier molecular flexibility index (Phi) is 8.81. The lowest BCUT2D eigenvalue weighted by molar-refractivity contribution is -0.138. The molecule has 9 heteroatoms. The van der Waals surface area contributed by atoms with Crippen LogP contribution in [0.25, 0.3) is 6.08 Å². The molecule has 1 N–H and O–H groups in total. The maximum atomic E-state index is 13.7. The van der Waals surface area contributed by atoms with Crippen LogP contribution in [0.4, 0.5) is 18.9 Å². The third kappa shape index (κ3) is 6.90. The van der Waals surface area contributed by atoms with Crippen molar-refractivity contribution in [2.75, 3.05) is 44.4 Å². The molecule has 1 aliphatic rings. The number of nitrogens with zero attached hydrogens (tertiary/aromatic N) is 1. The van der Waals surface area contributed by atoms with Crippen LogP contribution >= 0.6 is 0 Å². The van der Waals surface area contributed by atoms with Crippen LogP contribution < -0.4 is 19.7 Å². The Balaban J connectivity index is 1.68. The fourth-order valence-corrected chi connectivity index (χ4v) is 3.59. The molecule has 0 spiro atoms. The Hall–Kier alpha value is -3.20. The molecule has 0 bridgehead atoms. The predicted octanol–water partition coefficient (Wildman–Crippen LogP) is 4.67. The zero-order valence-corrected chi connectivity index (χ0v) is 19.3. The van der Waals surface area contributed by atoms with Gasteiger partial charge in [-0.2, -0.15) is 13.2 Å². The molecule has 1 amide bonds. The Labute approximate surface area is 197 Å². The van der Waals surface area contributed by atoms with E-state index in [4.69, 9.17) is 14.2 Å². The van der Waals surface area contributed by atoms with Gasteiger partial charge in [0.15, 0.2) is 11.5 Å². The third-order valence-corrected chi connectivity index (χ3v) is 5.22. The van der Waals surface area contributed by atoms with E-state index in [0.29, 0.717) is 62.3 Å². The average Bonchev–Trinajstić information content (AvgIpc) is 2.83. The van der Waals surface area contributed by atoms with E-state index < -0.39 is 17.6 Å². The number of alkyl halides is 3. The van der Waals surface area contributed by atoms with Gasteiger partial charge >= 0.3 is 6.18 Å². The number of ether oxygens (including phenoxy) is 3. The molecule has 2 aromatic carbocycles. The van der Waals surface area contributed by atoms with Crippen molar-refractivity contribution in [3.8, 4) is 11.5 Å². The Morgan fingerprint density at radius 2 is 1.76 bits per heavy atom. The van der Waals surface area contributed by atoms with Gasteiger partial charge in [0.05, 0.1) is 32.0 Å². The summed E-state index contributed by atoms with van der Waals surface area (Å²) in [6, 6.07) is 9.45. The molecule has 3 rings (SSSR count). The normalized spacial score (nSPS) is 14.3. The van der Waals surface area contributed by atoms with E-state index in [9.17, 15) is 18.0 Å². The van der Waals surface area contributed by atoms with Crippen LogP contribution in [-0.2, 0) is 22.3 Å². The van der Waals surface area contributed by atoms with Crippen molar-refractivity contribution >= 4 is 17.7 Å². The van der Waals surface area contributed by atoms with Gasteiger partial charge in [-0.1, -0.05) is 12.1 Å². The van der Waals surface area contributed by atoms with Crippen molar-refractivity contribution in [1.29, 1.82) is 0 Å². The molecule has 0 atom stereocenters. The van der Waals surface area contributed by atoms with Gasteiger partial charge in [0.1, 0.15) is 0 Å². The molecule has 1 fully saturated rings. The maximum absolute atomic E-state index is 13.7. The number of nitrogens with one attached hydrogen (secondary N) is 1. The van der Waals surface area contributed by atoms with E-state index in [2.05, 4.69) is 5.32 Å². The van der Waals surface area contributed by atoms with Gasteiger partial charge in [0.25, 0.3) is 0 Å². The summed E-state index contributed by atoms with van der Waals surface area (Å²) in [7, 11) is 0. The van der Waals surface area contributed by atoms with E-state index in [1.165, 1.54) is 12.1 Å². The summed E-state index contributed by atoms with van der Waals surface area (Å²) < 4.78 is 57.4. The summed E-state index contributed by atoms with van der Waals surface area (Å²) in [4.78, 5) is 14.1. The van der Waals surface area contributed by atoms with Crippen LogP contribution in [0, 0.1) is 0 Å². The fourth-order valence-electron chi connectivity index (χ4n) is 3.59. The zero-order valence-electron chi connectivity index (χ0n) is 19.3. The fraction of sp³-hybridized carbons (Fsp3) is 0.400. The second kappa shape index (κ2) is 11.8. The molecule has 1 aliphatic heterocycles. The molecule has 1 heterocycles. The number of rotatable bonds is 9. The second-order valence-electron chi connectivity index (χ2n) is 7.56. The Bertz CT molecular complexity index is 1000. The number of carbonyl (C=O) groups excluding carboxylic acids is 1. The molecule has 0 aromatic heterocycles. The molecule has 6 nitrogen and oxygen atoms in total. The van der Waals surface area contributed by atoms with Gasteiger partial charge in [-0.05, 0) is 55.3 Å². The minimum absolute atomic E-state index is 0.00552. The van der Waals surface area contributed by atoms with Gasteiger partial charge in [-0.3, -0.25) is 4.79 Å². The van der Waals surface area contributed by atoms with E-state index >= 15 is 0 Å². The van der Waals surface area contributed by atoms with Crippen molar-refractivity contribution in [3.05, 3.63) is 59.2 Å². The summed E-state index contributed by atoms with van der Waals surface area (Å²) in [6.07, 6.45) is -1.68. The smallest absolute Gasteiger partial charge is 0.416 e. The van der Waals surface area contributed by atoms with Crippen LogP contribution in [0.1, 0.15) is 30.5 Å². The second-order valence-corrected chi connectivity index (χ2v) is 7.56. The molecule has 0 saturated carbocycles. The highest BCUT2D eigenvalue weighted by atomic mass is 19.4. The third-order valence-electron chi connectivity index (χ3n) is 5.22. The minimum Gasteiger partial charge on any atom is -0.490 e. The number of hydrogen-bond donors (Lipinski definition) is 1. The first-order valence-electron chi connectivity index (χ1n) is 11.2. The highest BCUT2D eigenvalue weighted by Crippen LogP contribution is 2.35. The van der Waals surface area contributed by atoms with E-state index in [1.54, 1.807) is 30.3 Å². The molecule has 2 aromatic rings. The quantitative estimate of drug-likeness (QED) is 0.531. The molecular formula is C25H29F3N2O4. The van der Waals surface area contributed by atoms with Crippen LogP contribution in [0.2, 0.25) is 0 Å². The lowest BCUT2D eigenvalue weighted by Gasteiger charge is -2.29.